The molecule has 2 fully saturated rings. The second-order valence-corrected chi connectivity index (χ2v) is 3.76. The number of aromatic carboxylic acids is 1. The number of hydrogen-bond acceptors (Lipinski definition) is 5. The fourth-order valence-electron chi connectivity index (χ4n) is 1.58. The summed E-state index contributed by atoms with van der Waals surface area (Å²) in [6.45, 7) is 0. The number of carbonyl (C=O) groups excluding carboxylic acids is 1. The smallest absolute Gasteiger partial charge is 0.340 e. The summed E-state index contributed by atoms with van der Waals surface area (Å²) in [5, 5.41) is 8.78. The van der Waals surface area contributed by atoms with Crippen molar-refractivity contribution < 1.29 is 28.9 Å². The van der Waals surface area contributed by atoms with Gasteiger partial charge in [0.1, 0.15) is 0 Å². The first-order chi connectivity index (χ1) is 8.15. The van der Waals surface area contributed by atoms with E-state index in [2.05, 4.69) is 0 Å². The van der Waals surface area contributed by atoms with E-state index in [-0.39, 0.29) is 23.5 Å². The van der Waals surface area contributed by atoms with Crippen molar-refractivity contribution >= 4 is 11.9 Å². The van der Waals surface area contributed by atoms with Gasteiger partial charge in [-0.15, -0.1) is 0 Å². The maximum atomic E-state index is 11.6. The zero-order chi connectivity index (χ0) is 12.0. The summed E-state index contributed by atoms with van der Waals surface area (Å²) in [7, 11) is 0. The van der Waals surface area contributed by atoms with E-state index in [0.717, 1.165) is 0 Å². The molecule has 2 aliphatic heterocycles. The van der Waals surface area contributed by atoms with Gasteiger partial charge in [-0.05, 0) is 18.2 Å². The van der Waals surface area contributed by atoms with Gasteiger partial charge in [-0.2, -0.15) is 0 Å². The Balaban J connectivity index is 1.71. The molecular weight excluding hydrogens is 228 g/mol. The fraction of sp³-hybridized carbons (Fsp3) is 0.273. The molecule has 0 radical (unpaired) electrons. The Morgan fingerprint density at radius 3 is 2.59 bits per heavy atom. The third-order valence-electron chi connectivity index (χ3n) is 2.59. The maximum absolute atomic E-state index is 11.6. The number of hydrogen-bond donors (Lipinski definition) is 1. The van der Waals surface area contributed by atoms with Crippen molar-refractivity contribution in [2.24, 2.45) is 0 Å². The van der Waals surface area contributed by atoms with Gasteiger partial charge in [0, 0.05) is 0 Å². The van der Waals surface area contributed by atoms with Crippen LogP contribution in [-0.4, -0.2) is 35.7 Å². The molecular formula is C11H8O6. The SMILES string of the molecule is O=C(O)c1cccc(C(=O)OC2OC3OC23)c1. The molecule has 2 aliphatic rings. The lowest BCUT2D eigenvalue weighted by Gasteiger charge is -2.20. The fourth-order valence-corrected chi connectivity index (χ4v) is 1.58. The molecule has 0 bridgehead atoms. The van der Waals surface area contributed by atoms with E-state index in [0.29, 0.717) is 0 Å². The molecule has 1 aromatic rings. The molecule has 6 nitrogen and oxygen atoms in total. The van der Waals surface area contributed by atoms with Crippen LogP contribution in [0, 0.1) is 0 Å². The van der Waals surface area contributed by atoms with E-state index in [1.54, 1.807) is 0 Å². The number of benzene rings is 1. The second-order valence-electron chi connectivity index (χ2n) is 3.76. The first-order valence-corrected chi connectivity index (χ1v) is 5.00. The van der Waals surface area contributed by atoms with Crippen LogP contribution in [0.2, 0.25) is 0 Å². The van der Waals surface area contributed by atoms with Crippen LogP contribution in [0.1, 0.15) is 20.7 Å². The molecule has 3 unspecified atom stereocenters. The normalized spacial score (nSPS) is 28.8. The molecule has 88 valence electrons. The van der Waals surface area contributed by atoms with Crippen LogP contribution < -0.4 is 0 Å². The van der Waals surface area contributed by atoms with Gasteiger partial charge in [0.15, 0.2) is 12.4 Å². The summed E-state index contributed by atoms with van der Waals surface area (Å²) >= 11 is 0. The minimum Gasteiger partial charge on any atom is -0.478 e. The van der Waals surface area contributed by atoms with Gasteiger partial charge in [-0.25, -0.2) is 9.59 Å². The summed E-state index contributed by atoms with van der Waals surface area (Å²) in [5.74, 6) is -1.71. The maximum Gasteiger partial charge on any atom is 0.340 e. The Hall–Kier alpha value is -1.92. The summed E-state index contributed by atoms with van der Waals surface area (Å²) in [6, 6.07) is 5.63. The molecule has 0 aliphatic carbocycles. The average molecular weight is 236 g/mol. The molecule has 3 atom stereocenters. The number of carboxylic acids is 1. The number of esters is 1. The van der Waals surface area contributed by atoms with Crippen LogP contribution in [0.5, 0.6) is 0 Å². The van der Waals surface area contributed by atoms with Gasteiger partial charge in [-0.1, -0.05) is 6.07 Å². The highest BCUT2D eigenvalue weighted by Gasteiger charge is 2.61. The van der Waals surface area contributed by atoms with E-state index in [4.69, 9.17) is 19.3 Å². The highest BCUT2D eigenvalue weighted by atomic mass is 16.9. The Bertz CT molecular complexity index is 496. The standard InChI is InChI=1S/C11H8O6/c12-8(13)5-2-1-3-6(4-5)9(14)16-11-7-10(15-7)17-11/h1-4,7,10-11H,(H,12,13). The van der Waals surface area contributed by atoms with Crippen molar-refractivity contribution in [3.63, 3.8) is 0 Å². The number of rotatable bonds is 3. The number of carbonyl (C=O) groups is 2. The Morgan fingerprint density at radius 1 is 1.24 bits per heavy atom. The second kappa shape index (κ2) is 3.54. The average Bonchev–Trinajstić information content (AvgIpc) is 2.97. The minimum absolute atomic E-state index is 0.0366. The monoisotopic (exact) mass is 236 g/mol. The van der Waals surface area contributed by atoms with Gasteiger partial charge in [0.2, 0.25) is 6.29 Å². The molecule has 2 saturated heterocycles. The number of epoxide rings is 1. The van der Waals surface area contributed by atoms with Crippen LogP contribution in [0.4, 0.5) is 0 Å². The topological polar surface area (TPSA) is 85.4 Å². The quantitative estimate of drug-likeness (QED) is 0.611. The molecule has 2 heterocycles. The van der Waals surface area contributed by atoms with E-state index in [9.17, 15) is 9.59 Å². The van der Waals surface area contributed by atoms with Crippen molar-refractivity contribution in [3.8, 4) is 0 Å². The van der Waals surface area contributed by atoms with Crippen molar-refractivity contribution in [1.29, 1.82) is 0 Å². The predicted molar refractivity (Wildman–Crippen MR) is 52.4 cm³/mol. The van der Waals surface area contributed by atoms with Crippen molar-refractivity contribution in [1.82, 2.24) is 0 Å². The summed E-state index contributed by atoms with van der Waals surface area (Å²) in [5.41, 5.74) is 0.215. The largest absolute Gasteiger partial charge is 0.478 e. The molecule has 1 aromatic carbocycles. The molecule has 0 spiro atoms. The molecule has 3 rings (SSSR count). The molecule has 0 saturated carbocycles. The third-order valence-corrected chi connectivity index (χ3v) is 2.59. The van der Waals surface area contributed by atoms with Crippen molar-refractivity contribution in [2.45, 2.75) is 18.7 Å². The highest BCUT2D eigenvalue weighted by molar-refractivity contribution is 5.94. The lowest BCUT2D eigenvalue weighted by atomic mass is 10.1. The van der Waals surface area contributed by atoms with Crippen molar-refractivity contribution in [3.05, 3.63) is 35.4 Å². The zero-order valence-corrected chi connectivity index (χ0v) is 8.53. The summed E-state index contributed by atoms with van der Waals surface area (Å²) in [4.78, 5) is 22.4. The van der Waals surface area contributed by atoms with Crippen LogP contribution >= 0.6 is 0 Å². The molecule has 0 aromatic heterocycles. The van der Waals surface area contributed by atoms with E-state index < -0.39 is 18.2 Å². The first-order valence-electron chi connectivity index (χ1n) is 5.00. The van der Waals surface area contributed by atoms with Crippen LogP contribution in [-0.2, 0) is 14.2 Å². The summed E-state index contributed by atoms with van der Waals surface area (Å²) in [6.07, 6.45) is -1.04. The van der Waals surface area contributed by atoms with Gasteiger partial charge < -0.3 is 19.3 Å². The third kappa shape index (κ3) is 1.77. The summed E-state index contributed by atoms with van der Waals surface area (Å²) < 4.78 is 14.9. The lowest BCUT2D eigenvalue weighted by Crippen LogP contribution is -2.37. The molecule has 17 heavy (non-hydrogen) atoms. The Kier molecular flexibility index (Phi) is 2.13. The van der Waals surface area contributed by atoms with Crippen molar-refractivity contribution in [2.75, 3.05) is 0 Å². The van der Waals surface area contributed by atoms with Crippen LogP contribution in [0.15, 0.2) is 24.3 Å². The minimum atomic E-state index is -1.09. The van der Waals surface area contributed by atoms with Gasteiger partial charge in [0.25, 0.3) is 0 Å². The molecule has 6 heteroatoms. The van der Waals surface area contributed by atoms with E-state index >= 15 is 0 Å². The van der Waals surface area contributed by atoms with E-state index in [1.165, 1.54) is 24.3 Å². The van der Waals surface area contributed by atoms with Crippen LogP contribution in [0.25, 0.3) is 0 Å². The van der Waals surface area contributed by atoms with Crippen LogP contribution in [0.3, 0.4) is 0 Å². The highest BCUT2D eigenvalue weighted by Crippen LogP contribution is 2.40. The number of carboxylic acid groups (broad SMARTS) is 1. The number of fused-ring (bicyclic) bond motifs is 1. The van der Waals surface area contributed by atoms with Gasteiger partial charge in [-0.3, -0.25) is 0 Å². The van der Waals surface area contributed by atoms with Gasteiger partial charge in [0.05, 0.1) is 11.1 Å². The first kappa shape index (κ1) is 10.2. The number of ether oxygens (including phenoxy) is 3. The predicted octanol–water partition coefficient (Wildman–Crippen LogP) is 0.623. The zero-order valence-electron chi connectivity index (χ0n) is 8.53. The Labute approximate surface area is 95.7 Å². The van der Waals surface area contributed by atoms with Gasteiger partial charge >= 0.3 is 11.9 Å². The Morgan fingerprint density at radius 2 is 2.00 bits per heavy atom. The molecule has 0 amide bonds. The van der Waals surface area contributed by atoms with E-state index in [1.807, 2.05) is 0 Å². The lowest BCUT2D eigenvalue weighted by molar-refractivity contribution is -0.172. The molecule has 1 N–H and O–H groups in total.